The van der Waals surface area contributed by atoms with Crippen molar-refractivity contribution in [1.29, 1.82) is 5.26 Å². The van der Waals surface area contributed by atoms with Crippen molar-refractivity contribution >= 4 is 0 Å². The van der Waals surface area contributed by atoms with Crippen LogP contribution in [-0.4, -0.2) is 0 Å². The first kappa shape index (κ1) is 8.80. The maximum absolute atomic E-state index is 8.81. The van der Waals surface area contributed by atoms with E-state index < -0.39 is 0 Å². The summed E-state index contributed by atoms with van der Waals surface area (Å²) in [6.45, 7) is 8.21. The third-order valence-corrected chi connectivity index (χ3v) is 2.60. The SMILES string of the molecule is Cc1cc(C#N)c(C)c(C)c1C. The number of hydrogen-bond acceptors (Lipinski definition) is 1. The van der Waals surface area contributed by atoms with E-state index in [2.05, 4.69) is 19.9 Å². The van der Waals surface area contributed by atoms with Gasteiger partial charge in [-0.3, -0.25) is 0 Å². The van der Waals surface area contributed by atoms with E-state index in [1.807, 2.05) is 19.9 Å². The van der Waals surface area contributed by atoms with Crippen LogP contribution in [0.15, 0.2) is 6.07 Å². The van der Waals surface area contributed by atoms with Crippen molar-refractivity contribution in [3.05, 3.63) is 33.9 Å². The molecule has 0 spiro atoms. The molecule has 0 heterocycles. The Morgan fingerprint density at radius 1 is 1.00 bits per heavy atom. The Morgan fingerprint density at radius 3 is 2.08 bits per heavy atom. The van der Waals surface area contributed by atoms with Gasteiger partial charge in [0.15, 0.2) is 0 Å². The number of benzene rings is 1. The Labute approximate surface area is 73.6 Å². The molecule has 0 atom stereocenters. The third-order valence-electron chi connectivity index (χ3n) is 2.60. The summed E-state index contributed by atoms with van der Waals surface area (Å²) < 4.78 is 0. The van der Waals surface area contributed by atoms with Gasteiger partial charge in [0.2, 0.25) is 0 Å². The van der Waals surface area contributed by atoms with Crippen LogP contribution in [0.4, 0.5) is 0 Å². The van der Waals surface area contributed by atoms with Gasteiger partial charge in [-0.05, 0) is 56.0 Å². The first-order valence-electron chi connectivity index (χ1n) is 4.05. The van der Waals surface area contributed by atoms with Crippen molar-refractivity contribution < 1.29 is 0 Å². The van der Waals surface area contributed by atoms with Crippen LogP contribution < -0.4 is 0 Å². The van der Waals surface area contributed by atoms with Gasteiger partial charge in [-0.1, -0.05) is 0 Å². The highest BCUT2D eigenvalue weighted by molar-refractivity contribution is 5.48. The van der Waals surface area contributed by atoms with E-state index in [0.29, 0.717) is 0 Å². The van der Waals surface area contributed by atoms with Crippen molar-refractivity contribution in [2.75, 3.05) is 0 Å². The first-order chi connectivity index (χ1) is 5.57. The van der Waals surface area contributed by atoms with Crippen LogP contribution in [0.1, 0.15) is 27.8 Å². The standard InChI is InChI=1S/C11H13N/c1-7-5-11(6-12)10(4)9(3)8(7)2/h5H,1-4H3. The summed E-state index contributed by atoms with van der Waals surface area (Å²) in [5.74, 6) is 0. The highest BCUT2D eigenvalue weighted by Crippen LogP contribution is 2.19. The topological polar surface area (TPSA) is 23.8 Å². The maximum atomic E-state index is 8.81. The zero-order valence-corrected chi connectivity index (χ0v) is 8.02. The molecule has 0 fully saturated rings. The molecule has 1 aromatic rings. The van der Waals surface area contributed by atoms with Crippen molar-refractivity contribution in [2.24, 2.45) is 0 Å². The quantitative estimate of drug-likeness (QED) is 0.571. The molecule has 1 heteroatoms. The van der Waals surface area contributed by atoms with Gasteiger partial charge >= 0.3 is 0 Å². The molecule has 0 amide bonds. The van der Waals surface area contributed by atoms with Crippen LogP contribution in [-0.2, 0) is 0 Å². The van der Waals surface area contributed by atoms with Crippen LogP contribution in [0.2, 0.25) is 0 Å². The van der Waals surface area contributed by atoms with E-state index in [-0.39, 0.29) is 0 Å². The average molecular weight is 159 g/mol. The van der Waals surface area contributed by atoms with Gasteiger partial charge in [0, 0.05) is 0 Å². The zero-order chi connectivity index (χ0) is 9.30. The highest BCUT2D eigenvalue weighted by atomic mass is 14.2. The van der Waals surface area contributed by atoms with Gasteiger partial charge in [-0.15, -0.1) is 0 Å². The summed E-state index contributed by atoms with van der Waals surface area (Å²) in [7, 11) is 0. The molecule has 0 radical (unpaired) electrons. The lowest BCUT2D eigenvalue weighted by Gasteiger charge is -2.09. The Kier molecular flexibility index (Phi) is 2.19. The monoisotopic (exact) mass is 159 g/mol. The van der Waals surface area contributed by atoms with E-state index in [0.717, 1.165) is 11.1 Å². The molecule has 1 nitrogen and oxygen atoms in total. The largest absolute Gasteiger partial charge is 0.192 e. The molecule has 0 unspecified atom stereocenters. The number of nitrogens with zero attached hydrogens (tertiary/aromatic N) is 1. The number of rotatable bonds is 0. The lowest BCUT2D eigenvalue weighted by molar-refractivity contribution is 1.20. The summed E-state index contributed by atoms with van der Waals surface area (Å²) >= 11 is 0. The smallest absolute Gasteiger partial charge is 0.0994 e. The predicted octanol–water partition coefficient (Wildman–Crippen LogP) is 2.79. The molecule has 0 aliphatic heterocycles. The van der Waals surface area contributed by atoms with E-state index in [9.17, 15) is 0 Å². The summed E-state index contributed by atoms with van der Waals surface area (Å²) in [6.07, 6.45) is 0. The van der Waals surface area contributed by atoms with Gasteiger partial charge in [0.05, 0.1) is 11.6 Å². The minimum Gasteiger partial charge on any atom is -0.192 e. The summed E-state index contributed by atoms with van der Waals surface area (Å²) in [4.78, 5) is 0. The lowest BCUT2D eigenvalue weighted by Crippen LogP contribution is -1.94. The number of hydrogen-bond donors (Lipinski definition) is 0. The number of aryl methyl sites for hydroxylation is 1. The Balaban J connectivity index is 3.52. The molecule has 1 aromatic carbocycles. The van der Waals surface area contributed by atoms with Gasteiger partial charge in [0.1, 0.15) is 0 Å². The molecular formula is C11H13N. The second-order valence-electron chi connectivity index (χ2n) is 3.23. The Hall–Kier alpha value is -1.29. The van der Waals surface area contributed by atoms with Crippen molar-refractivity contribution in [2.45, 2.75) is 27.7 Å². The van der Waals surface area contributed by atoms with Gasteiger partial charge < -0.3 is 0 Å². The molecule has 0 bridgehead atoms. The lowest BCUT2D eigenvalue weighted by atomic mass is 9.95. The van der Waals surface area contributed by atoms with Crippen molar-refractivity contribution in [1.82, 2.24) is 0 Å². The van der Waals surface area contributed by atoms with Gasteiger partial charge in [0.25, 0.3) is 0 Å². The summed E-state index contributed by atoms with van der Waals surface area (Å²) in [5.41, 5.74) is 5.66. The second-order valence-corrected chi connectivity index (χ2v) is 3.23. The van der Waals surface area contributed by atoms with Crippen molar-refractivity contribution in [3.63, 3.8) is 0 Å². The predicted molar refractivity (Wildman–Crippen MR) is 50.1 cm³/mol. The molecule has 0 aromatic heterocycles. The van der Waals surface area contributed by atoms with Crippen LogP contribution in [0.3, 0.4) is 0 Å². The van der Waals surface area contributed by atoms with E-state index in [4.69, 9.17) is 5.26 Å². The maximum Gasteiger partial charge on any atom is 0.0994 e. The molecule has 0 saturated heterocycles. The van der Waals surface area contributed by atoms with E-state index in [1.165, 1.54) is 16.7 Å². The van der Waals surface area contributed by atoms with Gasteiger partial charge in [-0.2, -0.15) is 5.26 Å². The molecule has 0 saturated carbocycles. The van der Waals surface area contributed by atoms with Crippen LogP contribution in [0.25, 0.3) is 0 Å². The molecule has 0 aliphatic carbocycles. The zero-order valence-electron chi connectivity index (χ0n) is 8.02. The molecule has 0 aliphatic rings. The van der Waals surface area contributed by atoms with Crippen molar-refractivity contribution in [3.8, 4) is 6.07 Å². The third kappa shape index (κ3) is 1.21. The molecule has 1 rings (SSSR count). The first-order valence-corrected chi connectivity index (χ1v) is 4.05. The Bertz CT molecular complexity index is 356. The fourth-order valence-electron chi connectivity index (χ4n) is 1.33. The van der Waals surface area contributed by atoms with Gasteiger partial charge in [-0.25, -0.2) is 0 Å². The molecular weight excluding hydrogens is 146 g/mol. The van der Waals surface area contributed by atoms with E-state index >= 15 is 0 Å². The summed E-state index contributed by atoms with van der Waals surface area (Å²) in [5, 5.41) is 8.81. The van der Waals surface area contributed by atoms with Crippen LogP contribution >= 0.6 is 0 Å². The average Bonchev–Trinajstić information content (AvgIpc) is 2.08. The van der Waals surface area contributed by atoms with Crippen LogP contribution in [0.5, 0.6) is 0 Å². The van der Waals surface area contributed by atoms with E-state index in [1.54, 1.807) is 0 Å². The minimum atomic E-state index is 0.801. The summed E-state index contributed by atoms with van der Waals surface area (Å²) in [6, 6.07) is 4.16. The second kappa shape index (κ2) is 2.98. The molecule has 12 heavy (non-hydrogen) atoms. The minimum absolute atomic E-state index is 0.801. The fraction of sp³-hybridized carbons (Fsp3) is 0.364. The normalized spacial score (nSPS) is 9.58. The highest BCUT2D eigenvalue weighted by Gasteiger charge is 2.05. The number of nitriles is 1. The Morgan fingerprint density at radius 2 is 1.58 bits per heavy atom. The molecule has 62 valence electrons. The fourth-order valence-corrected chi connectivity index (χ4v) is 1.33. The molecule has 0 N–H and O–H groups in total. The van der Waals surface area contributed by atoms with Crippen LogP contribution in [0, 0.1) is 39.0 Å².